The van der Waals surface area contributed by atoms with E-state index in [0.717, 1.165) is 0 Å². The molecule has 0 spiro atoms. The summed E-state index contributed by atoms with van der Waals surface area (Å²) in [4.78, 5) is 32.6. The van der Waals surface area contributed by atoms with Crippen molar-refractivity contribution < 1.29 is 18.5 Å². The molecule has 146 valence electrons. The van der Waals surface area contributed by atoms with Crippen molar-refractivity contribution in [2.45, 2.75) is 83.1 Å². The van der Waals surface area contributed by atoms with Gasteiger partial charge in [0.05, 0.1) is 4.11 Å². The summed E-state index contributed by atoms with van der Waals surface area (Å²) >= 11 is 0. The molecular formula is C22H40O3. The summed E-state index contributed by atoms with van der Waals surface area (Å²) in [7, 11) is 0. The Morgan fingerprint density at radius 1 is 1.00 bits per heavy atom. The first-order chi connectivity index (χ1) is 11.7. The summed E-state index contributed by atoms with van der Waals surface area (Å²) in [6.07, 6.45) is 5.51. The molecule has 0 aromatic rings. The maximum absolute atomic E-state index is 11.1. The summed E-state index contributed by atoms with van der Waals surface area (Å²) in [5.74, 6) is 1.80. The molecule has 0 unspecified atom stereocenters. The van der Waals surface area contributed by atoms with Crippen molar-refractivity contribution in [1.29, 1.82) is 0 Å². The van der Waals surface area contributed by atoms with Gasteiger partial charge in [-0.25, -0.2) is 0 Å². The second-order valence-electron chi connectivity index (χ2n) is 8.45. The van der Waals surface area contributed by atoms with Gasteiger partial charge in [-0.15, -0.1) is 6.42 Å². The van der Waals surface area contributed by atoms with Crippen LogP contribution in [-0.2, 0) is 14.4 Å². The Morgan fingerprint density at radius 2 is 1.40 bits per heavy atom. The van der Waals surface area contributed by atoms with Crippen molar-refractivity contribution in [2.75, 3.05) is 0 Å². The molecule has 25 heavy (non-hydrogen) atoms. The molecule has 0 aliphatic carbocycles. The van der Waals surface area contributed by atoms with E-state index in [4.69, 9.17) is 10.5 Å². The fourth-order valence-corrected chi connectivity index (χ4v) is 0.934. The largest absolute Gasteiger partial charge is 0.299 e. The molecule has 0 aromatic heterocycles. The molecule has 0 aliphatic heterocycles. The van der Waals surface area contributed by atoms with E-state index < -0.39 is 23.8 Å². The maximum Gasteiger partial charge on any atom is 0.210 e. The lowest BCUT2D eigenvalue weighted by molar-refractivity contribution is -0.126. The van der Waals surface area contributed by atoms with Gasteiger partial charge < -0.3 is 0 Å². The molecule has 3 nitrogen and oxygen atoms in total. The smallest absolute Gasteiger partial charge is 0.210 e. The minimum atomic E-state index is -0.718. The average Bonchev–Trinajstić information content (AvgIpc) is 2.49. The van der Waals surface area contributed by atoms with Gasteiger partial charge >= 0.3 is 0 Å². The predicted octanol–water partition coefficient (Wildman–Crippen LogP) is 5.67. The minimum Gasteiger partial charge on any atom is -0.299 e. The van der Waals surface area contributed by atoms with E-state index in [2.05, 4.69) is 5.92 Å². The molecule has 0 rings (SSSR count). The molecule has 0 bridgehead atoms. The monoisotopic (exact) mass is 355 g/mol. The summed E-state index contributed by atoms with van der Waals surface area (Å²) in [5.41, 5.74) is -1.16. The van der Waals surface area contributed by atoms with E-state index in [0.29, 0.717) is 12.2 Å². The summed E-state index contributed by atoms with van der Waals surface area (Å²) in [6, 6.07) is -0.516. The topological polar surface area (TPSA) is 51.2 Å². The second kappa shape index (κ2) is 12.6. The van der Waals surface area contributed by atoms with Crippen LogP contribution in [-0.4, -0.2) is 17.3 Å². The van der Waals surface area contributed by atoms with Crippen LogP contribution in [0.2, 0.25) is 0 Å². The van der Waals surface area contributed by atoms with Crippen LogP contribution in [0.4, 0.5) is 0 Å². The zero-order chi connectivity index (χ0) is 22.8. The fraction of sp³-hybridized carbons (Fsp3) is 0.682. The number of hydrogen-bond acceptors (Lipinski definition) is 3. The number of hydrogen-bond donors (Lipinski definition) is 0. The van der Waals surface area contributed by atoms with Gasteiger partial charge in [0.1, 0.15) is 5.78 Å². The van der Waals surface area contributed by atoms with E-state index >= 15 is 0 Å². The number of carbonyl (C=O) groups excluding carboxylic acids is 3. The zero-order valence-corrected chi connectivity index (χ0v) is 17.0. The lowest BCUT2D eigenvalue weighted by atomic mass is 9.90. The van der Waals surface area contributed by atoms with E-state index in [1.165, 1.54) is 0 Å². The normalized spacial score (nSPS) is 12.0. The highest BCUT2D eigenvalue weighted by Gasteiger charge is 2.18. The summed E-state index contributed by atoms with van der Waals surface area (Å²) in [5, 5.41) is 0. The van der Waals surface area contributed by atoms with Crippen molar-refractivity contribution in [3.8, 4) is 12.3 Å². The van der Waals surface area contributed by atoms with Crippen LogP contribution in [0.5, 0.6) is 0 Å². The predicted molar refractivity (Wildman–Crippen MR) is 109 cm³/mol. The molecule has 0 saturated carbocycles. The maximum atomic E-state index is 11.1. The van der Waals surface area contributed by atoms with Gasteiger partial charge in [-0.2, -0.15) is 0 Å². The minimum absolute atomic E-state index is 0. The van der Waals surface area contributed by atoms with Crippen LogP contribution in [0.1, 0.15) is 87.2 Å². The summed E-state index contributed by atoms with van der Waals surface area (Å²) in [6.45, 7) is 17.4. The van der Waals surface area contributed by atoms with Crippen molar-refractivity contribution >= 4 is 17.3 Å². The van der Waals surface area contributed by atoms with Crippen molar-refractivity contribution in [3.63, 3.8) is 0 Å². The molecule has 0 atom stereocenters. The van der Waals surface area contributed by atoms with Crippen molar-refractivity contribution in [1.82, 2.24) is 0 Å². The first kappa shape index (κ1) is 23.3. The molecule has 0 saturated heterocycles. The quantitative estimate of drug-likeness (QED) is 0.364. The van der Waals surface area contributed by atoms with E-state index in [1.807, 2.05) is 27.7 Å². The highest BCUT2D eigenvalue weighted by Crippen LogP contribution is 2.15. The van der Waals surface area contributed by atoms with Gasteiger partial charge in [-0.1, -0.05) is 83.2 Å². The number of rotatable bonds is 2. The molecule has 0 amide bonds. The highest BCUT2D eigenvalue weighted by molar-refractivity contribution is 5.98. The SMILES string of the molecule is C.C#CC(=O)C(C)(C)C.CCC(=O)C(C)(C)C.[2H]C([2H])=C([2H])C(=O)C(C)(C)C. The van der Waals surface area contributed by atoms with Gasteiger partial charge in [0.15, 0.2) is 5.78 Å². The van der Waals surface area contributed by atoms with Crippen LogP contribution in [0.25, 0.3) is 0 Å². The van der Waals surface area contributed by atoms with Crippen molar-refractivity contribution in [3.05, 3.63) is 12.6 Å². The first-order valence-electron chi connectivity index (χ1n) is 9.46. The van der Waals surface area contributed by atoms with E-state index in [-0.39, 0.29) is 24.0 Å². The van der Waals surface area contributed by atoms with E-state index in [1.54, 1.807) is 41.5 Å². The molecule has 0 radical (unpaired) electrons. The number of allylic oxidation sites excluding steroid dienone is 1. The number of ketones is 3. The standard InChI is InChI=1S/C7H14O.C7H12O.C7H10O.CH4/c3*1-5-6(8)7(2,3)4;/h5H2,1-4H3;5H,1H2,2-4H3;1H,2-4H3;1H4/i;1D2,5D;;. The average molecular weight is 356 g/mol. The Hall–Kier alpha value is -1.69. The van der Waals surface area contributed by atoms with Crippen LogP contribution < -0.4 is 0 Å². The lowest BCUT2D eigenvalue weighted by Crippen LogP contribution is -2.18. The molecule has 0 N–H and O–H groups in total. The van der Waals surface area contributed by atoms with Gasteiger partial charge in [0, 0.05) is 22.7 Å². The van der Waals surface area contributed by atoms with E-state index in [9.17, 15) is 14.4 Å². The molecule has 0 fully saturated rings. The Balaban J connectivity index is -0.000000155. The van der Waals surface area contributed by atoms with Crippen molar-refractivity contribution in [2.24, 2.45) is 16.2 Å². The van der Waals surface area contributed by atoms with Gasteiger partial charge in [0.25, 0.3) is 0 Å². The van der Waals surface area contributed by atoms with Crippen LogP contribution in [0, 0.1) is 28.6 Å². The molecule has 0 aliphatic rings. The van der Waals surface area contributed by atoms with Gasteiger partial charge in [-0.05, 0) is 12.0 Å². The Morgan fingerprint density at radius 3 is 1.44 bits per heavy atom. The first-order valence-corrected chi connectivity index (χ1v) is 7.96. The van der Waals surface area contributed by atoms with Crippen LogP contribution in [0.3, 0.4) is 0 Å². The third-order valence-electron chi connectivity index (χ3n) is 2.76. The van der Waals surface area contributed by atoms with Crippen LogP contribution in [0.15, 0.2) is 12.6 Å². The second-order valence-corrected chi connectivity index (χ2v) is 8.45. The molecule has 0 aromatic carbocycles. The van der Waals surface area contributed by atoms with Gasteiger partial charge in [0.2, 0.25) is 5.78 Å². The molecular weight excluding hydrogens is 312 g/mol. The number of carbonyl (C=O) groups is 3. The highest BCUT2D eigenvalue weighted by atomic mass is 16.1. The fourth-order valence-electron chi connectivity index (χ4n) is 0.934. The molecule has 3 heteroatoms. The third-order valence-corrected chi connectivity index (χ3v) is 2.76. The molecule has 0 heterocycles. The number of Topliss-reactive ketones (excluding diaryl/α,β-unsaturated/α-hetero) is 2. The Labute approximate surface area is 160 Å². The van der Waals surface area contributed by atoms with Gasteiger partial charge in [-0.3, -0.25) is 14.4 Å². The zero-order valence-electron chi connectivity index (χ0n) is 20.0. The van der Waals surface area contributed by atoms with Crippen LogP contribution >= 0.6 is 0 Å². The lowest BCUT2D eigenvalue weighted by Gasteiger charge is -2.13. The summed E-state index contributed by atoms with van der Waals surface area (Å²) < 4.78 is 20.5. The Bertz CT molecular complexity index is 586. The third kappa shape index (κ3) is 18.5. The number of terminal acetylenes is 1. The Kier molecular flexibility index (Phi) is 11.8.